The number of hydrogen-bond donors (Lipinski definition) is 2. The van der Waals surface area contributed by atoms with Crippen molar-refractivity contribution < 1.29 is 22.7 Å². The number of aryl methyl sites for hydroxylation is 1. The molecule has 0 atom stereocenters. The van der Waals surface area contributed by atoms with Crippen LogP contribution >= 0.6 is 11.3 Å². The third-order valence-electron chi connectivity index (χ3n) is 3.58. The number of thiazole rings is 1. The normalized spacial score (nSPS) is 11.4. The molecule has 3 heterocycles. The highest BCUT2D eigenvalue weighted by atomic mass is 32.2. The van der Waals surface area contributed by atoms with Crippen molar-refractivity contribution in [3.05, 3.63) is 23.3 Å². The first kappa shape index (κ1) is 19.8. The molecule has 13 heteroatoms. The van der Waals surface area contributed by atoms with E-state index in [1.165, 1.54) is 36.0 Å². The molecule has 0 radical (unpaired) electrons. The number of carbonyl (C=O) groups excluding carboxylic acids is 1. The average molecular weight is 426 g/mol. The molecule has 0 saturated heterocycles. The SMILES string of the molecule is CCCc1nc2sccn2c1S(=O)(=O)NC(=O)Nc1nc(OC)cc(OC)n1. The van der Waals surface area contributed by atoms with Crippen LogP contribution < -0.4 is 19.5 Å². The van der Waals surface area contributed by atoms with Gasteiger partial charge in [0.2, 0.25) is 17.7 Å². The van der Waals surface area contributed by atoms with Crippen LogP contribution in [0.2, 0.25) is 0 Å². The Hall–Kier alpha value is -2.93. The highest BCUT2D eigenvalue weighted by Gasteiger charge is 2.27. The van der Waals surface area contributed by atoms with Gasteiger partial charge in [0.05, 0.1) is 26.0 Å². The van der Waals surface area contributed by atoms with Gasteiger partial charge in [0.1, 0.15) is 0 Å². The molecule has 28 heavy (non-hydrogen) atoms. The third kappa shape index (κ3) is 3.99. The van der Waals surface area contributed by atoms with Gasteiger partial charge in [0.25, 0.3) is 10.0 Å². The lowest BCUT2D eigenvalue weighted by Crippen LogP contribution is -2.36. The Kier molecular flexibility index (Phi) is 5.65. The van der Waals surface area contributed by atoms with Crippen LogP contribution in [0.4, 0.5) is 10.7 Å². The molecule has 0 aliphatic carbocycles. The molecule has 0 aliphatic rings. The number of imidazole rings is 1. The number of nitrogens with zero attached hydrogens (tertiary/aromatic N) is 4. The van der Waals surface area contributed by atoms with Crippen LogP contribution in [-0.2, 0) is 16.4 Å². The number of hydrogen-bond acceptors (Lipinski definition) is 9. The summed E-state index contributed by atoms with van der Waals surface area (Å²) in [6.45, 7) is 1.91. The monoisotopic (exact) mass is 426 g/mol. The Morgan fingerprint density at radius 3 is 2.50 bits per heavy atom. The van der Waals surface area contributed by atoms with Gasteiger partial charge in [-0.2, -0.15) is 18.4 Å². The van der Waals surface area contributed by atoms with E-state index in [0.717, 1.165) is 0 Å². The van der Waals surface area contributed by atoms with Gasteiger partial charge in [-0.05, 0) is 6.42 Å². The van der Waals surface area contributed by atoms with Crippen molar-refractivity contribution in [1.82, 2.24) is 24.1 Å². The maximum Gasteiger partial charge on any atom is 0.335 e. The maximum atomic E-state index is 12.8. The minimum atomic E-state index is -4.19. The Labute approximate surface area is 164 Å². The molecule has 3 rings (SSSR count). The van der Waals surface area contributed by atoms with E-state index in [1.54, 1.807) is 11.6 Å². The number of amides is 2. The van der Waals surface area contributed by atoms with E-state index in [-0.39, 0.29) is 22.7 Å². The summed E-state index contributed by atoms with van der Waals surface area (Å²) >= 11 is 1.31. The fraction of sp³-hybridized carbons (Fsp3) is 0.333. The Morgan fingerprint density at radius 1 is 1.21 bits per heavy atom. The van der Waals surface area contributed by atoms with Crippen molar-refractivity contribution >= 4 is 38.3 Å². The first-order chi connectivity index (χ1) is 13.4. The van der Waals surface area contributed by atoms with Gasteiger partial charge >= 0.3 is 6.03 Å². The van der Waals surface area contributed by atoms with Crippen LogP contribution in [-0.4, -0.2) is 48.0 Å². The zero-order valence-corrected chi connectivity index (χ0v) is 16.9. The predicted octanol–water partition coefficient (Wildman–Crippen LogP) is 1.67. The number of aromatic nitrogens is 4. The fourth-order valence-corrected chi connectivity index (χ4v) is 4.51. The van der Waals surface area contributed by atoms with E-state index >= 15 is 0 Å². The van der Waals surface area contributed by atoms with Gasteiger partial charge in [-0.1, -0.05) is 13.3 Å². The van der Waals surface area contributed by atoms with Crippen LogP contribution in [0.15, 0.2) is 22.7 Å². The number of methoxy groups -OCH3 is 2. The van der Waals surface area contributed by atoms with Crippen molar-refractivity contribution in [3.63, 3.8) is 0 Å². The van der Waals surface area contributed by atoms with Crippen LogP contribution in [0.1, 0.15) is 19.0 Å². The quantitative estimate of drug-likeness (QED) is 0.582. The van der Waals surface area contributed by atoms with E-state index < -0.39 is 16.1 Å². The molecule has 0 saturated carbocycles. The molecule has 0 fully saturated rings. The number of urea groups is 1. The van der Waals surface area contributed by atoms with Crippen LogP contribution in [0.5, 0.6) is 11.8 Å². The second-order valence-electron chi connectivity index (χ2n) is 5.51. The van der Waals surface area contributed by atoms with E-state index in [9.17, 15) is 13.2 Å². The third-order valence-corrected chi connectivity index (χ3v) is 5.73. The van der Waals surface area contributed by atoms with Gasteiger partial charge in [-0.25, -0.2) is 14.5 Å². The summed E-state index contributed by atoms with van der Waals surface area (Å²) in [5.41, 5.74) is 0.397. The summed E-state index contributed by atoms with van der Waals surface area (Å²) in [6, 6.07) is 0.388. The van der Waals surface area contributed by atoms with Crippen LogP contribution in [0, 0.1) is 0 Å². The highest BCUT2D eigenvalue weighted by Crippen LogP contribution is 2.23. The smallest absolute Gasteiger partial charge is 0.335 e. The molecule has 0 aliphatic heterocycles. The molecule has 2 N–H and O–H groups in total. The summed E-state index contributed by atoms with van der Waals surface area (Å²) < 4.78 is 39.0. The van der Waals surface area contributed by atoms with E-state index in [4.69, 9.17) is 9.47 Å². The lowest BCUT2D eigenvalue weighted by atomic mass is 10.3. The molecule has 2 amide bonds. The largest absolute Gasteiger partial charge is 0.481 e. The van der Waals surface area contributed by atoms with Gasteiger partial charge in [-0.3, -0.25) is 9.72 Å². The molecule has 150 valence electrons. The molecule has 11 nitrogen and oxygen atoms in total. The van der Waals surface area contributed by atoms with Gasteiger partial charge < -0.3 is 9.47 Å². The molecule has 3 aromatic heterocycles. The summed E-state index contributed by atoms with van der Waals surface area (Å²) in [6.07, 6.45) is 2.76. The first-order valence-electron chi connectivity index (χ1n) is 8.13. The van der Waals surface area contributed by atoms with Crippen molar-refractivity contribution in [2.45, 2.75) is 24.8 Å². The number of carbonyl (C=O) groups is 1. The number of ether oxygens (including phenoxy) is 2. The number of nitrogens with one attached hydrogen (secondary N) is 2. The second kappa shape index (κ2) is 7.98. The molecular weight excluding hydrogens is 408 g/mol. The standard InChI is InChI=1S/C15H18N6O5S2/c1-4-5-9-12(21-6-7-27-15(21)16-9)28(23,24)20-14(22)19-13-17-10(25-2)8-11(18-13)26-3/h6-8H,4-5H2,1-3H3,(H2,17,18,19,20,22). The second-order valence-corrected chi connectivity index (χ2v) is 7.98. The zero-order chi connectivity index (χ0) is 20.3. The van der Waals surface area contributed by atoms with Crippen molar-refractivity contribution in [3.8, 4) is 11.8 Å². The lowest BCUT2D eigenvalue weighted by molar-refractivity contribution is 0.256. The molecule has 0 spiro atoms. The molecule has 0 unspecified atom stereocenters. The predicted molar refractivity (Wildman–Crippen MR) is 102 cm³/mol. The summed E-state index contributed by atoms with van der Waals surface area (Å²) in [4.78, 5) is 25.0. The molecule has 3 aromatic rings. The van der Waals surface area contributed by atoms with Gasteiger partial charge in [0.15, 0.2) is 9.99 Å². The maximum absolute atomic E-state index is 12.8. The Balaban J connectivity index is 1.86. The number of sulfonamides is 1. The van der Waals surface area contributed by atoms with Crippen molar-refractivity contribution in [1.29, 1.82) is 0 Å². The van der Waals surface area contributed by atoms with Crippen LogP contribution in [0.25, 0.3) is 4.96 Å². The molecule has 0 bridgehead atoms. The summed E-state index contributed by atoms with van der Waals surface area (Å²) in [5.74, 6) is 0.115. The summed E-state index contributed by atoms with van der Waals surface area (Å²) in [5, 5.41) is 3.92. The molecule has 0 aromatic carbocycles. The average Bonchev–Trinajstić information content (AvgIpc) is 3.21. The topological polar surface area (TPSA) is 137 Å². The van der Waals surface area contributed by atoms with Gasteiger partial charge in [-0.15, -0.1) is 11.3 Å². The zero-order valence-electron chi connectivity index (χ0n) is 15.3. The van der Waals surface area contributed by atoms with Crippen molar-refractivity contribution in [2.24, 2.45) is 0 Å². The van der Waals surface area contributed by atoms with Crippen molar-refractivity contribution in [2.75, 3.05) is 19.5 Å². The van der Waals surface area contributed by atoms with Crippen LogP contribution in [0.3, 0.4) is 0 Å². The minimum absolute atomic E-state index is 0.0649. The number of rotatable bonds is 7. The minimum Gasteiger partial charge on any atom is -0.481 e. The molecular formula is C15H18N6O5S2. The Morgan fingerprint density at radius 2 is 1.89 bits per heavy atom. The fourth-order valence-electron chi connectivity index (χ4n) is 2.46. The first-order valence-corrected chi connectivity index (χ1v) is 10.5. The highest BCUT2D eigenvalue weighted by molar-refractivity contribution is 7.90. The van der Waals surface area contributed by atoms with E-state index in [0.29, 0.717) is 23.5 Å². The number of fused-ring (bicyclic) bond motifs is 1. The van der Waals surface area contributed by atoms with E-state index in [2.05, 4.69) is 20.3 Å². The lowest BCUT2D eigenvalue weighted by Gasteiger charge is -2.10. The Bertz CT molecular complexity index is 1090. The van der Waals surface area contributed by atoms with Gasteiger partial charge in [0, 0.05) is 11.6 Å². The summed E-state index contributed by atoms with van der Waals surface area (Å²) in [7, 11) is -1.42. The van der Waals surface area contributed by atoms with E-state index in [1.807, 2.05) is 11.6 Å². The number of anilines is 1.